The number of carboxylic acids is 1. The Bertz CT molecular complexity index is 222. The molecule has 6 heteroatoms. The summed E-state index contributed by atoms with van der Waals surface area (Å²) >= 11 is 3.03. The highest BCUT2D eigenvalue weighted by Crippen LogP contribution is 2.07. The van der Waals surface area contributed by atoms with Gasteiger partial charge in [0.15, 0.2) is 0 Å². The van der Waals surface area contributed by atoms with Gasteiger partial charge in [0.25, 0.3) is 0 Å². The van der Waals surface area contributed by atoms with Crippen LogP contribution in [0.5, 0.6) is 0 Å². The highest BCUT2D eigenvalue weighted by molar-refractivity contribution is 9.09. The molecule has 13 heavy (non-hydrogen) atoms. The molecule has 1 aliphatic heterocycles. The molecule has 0 bridgehead atoms. The van der Waals surface area contributed by atoms with Gasteiger partial charge in [0.2, 0.25) is 5.91 Å². The molecule has 1 fully saturated rings. The van der Waals surface area contributed by atoms with E-state index in [2.05, 4.69) is 21.4 Å². The van der Waals surface area contributed by atoms with Crippen LogP contribution in [0.2, 0.25) is 0 Å². The minimum atomic E-state index is -0.910. The molecule has 1 saturated heterocycles. The molecule has 0 aromatic rings. The number of hydrogen-bond donors (Lipinski definition) is 2. The maximum Gasteiger partial charge on any atom is 0.322 e. The third kappa shape index (κ3) is 2.67. The van der Waals surface area contributed by atoms with Crippen molar-refractivity contribution in [2.75, 3.05) is 11.9 Å². The zero-order valence-electron chi connectivity index (χ0n) is 6.99. The molecule has 0 aromatic heterocycles. The lowest BCUT2D eigenvalue weighted by Crippen LogP contribution is -2.55. The molecule has 1 aliphatic rings. The topological polar surface area (TPSA) is 69.6 Å². The lowest BCUT2D eigenvalue weighted by molar-refractivity contribution is -0.145. The van der Waals surface area contributed by atoms with Gasteiger partial charge in [-0.3, -0.25) is 14.6 Å². The number of amides is 1. The molecule has 0 saturated carbocycles. The van der Waals surface area contributed by atoms with Crippen molar-refractivity contribution in [2.24, 2.45) is 0 Å². The Labute approximate surface area is 84.2 Å². The Morgan fingerprint density at radius 1 is 1.62 bits per heavy atom. The minimum Gasteiger partial charge on any atom is -0.480 e. The number of alkyl halides is 1. The Morgan fingerprint density at radius 2 is 2.31 bits per heavy atom. The zero-order chi connectivity index (χ0) is 9.84. The highest BCUT2D eigenvalue weighted by Gasteiger charge is 2.26. The fourth-order valence-corrected chi connectivity index (χ4v) is 1.52. The zero-order valence-corrected chi connectivity index (χ0v) is 8.58. The largest absolute Gasteiger partial charge is 0.480 e. The molecule has 1 heterocycles. The monoisotopic (exact) mass is 250 g/mol. The summed E-state index contributed by atoms with van der Waals surface area (Å²) in [5.74, 6) is -1.04. The van der Waals surface area contributed by atoms with E-state index in [0.29, 0.717) is 13.0 Å². The van der Waals surface area contributed by atoms with Crippen molar-refractivity contribution in [3.05, 3.63) is 0 Å². The Balaban J connectivity index is 2.51. The van der Waals surface area contributed by atoms with Gasteiger partial charge in [-0.05, 0) is 12.8 Å². The van der Waals surface area contributed by atoms with E-state index in [1.165, 1.54) is 5.01 Å². The maximum atomic E-state index is 11.2. The molecule has 5 nitrogen and oxygen atoms in total. The number of nitrogens with one attached hydrogen (secondary N) is 1. The van der Waals surface area contributed by atoms with E-state index in [1.54, 1.807) is 0 Å². The number of carboxylic acid groups (broad SMARTS) is 1. The van der Waals surface area contributed by atoms with Crippen molar-refractivity contribution in [3.63, 3.8) is 0 Å². The van der Waals surface area contributed by atoms with Gasteiger partial charge >= 0.3 is 5.97 Å². The van der Waals surface area contributed by atoms with Crippen molar-refractivity contribution in [3.8, 4) is 0 Å². The van der Waals surface area contributed by atoms with Crippen LogP contribution in [0.4, 0.5) is 0 Å². The number of aliphatic carboxylic acids is 1. The molecule has 2 N–H and O–H groups in total. The van der Waals surface area contributed by atoms with E-state index < -0.39 is 12.0 Å². The minimum absolute atomic E-state index is 0.133. The Kier molecular flexibility index (Phi) is 3.68. The van der Waals surface area contributed by atoms with Crippen LogP contribution in [-0.4, -0.2) is 39.9 Å². The average Bonchev–Trinajstić information content (AvgIpc) is 2.17. The maximum absolute atomic E-state index is 11.2. The van der Waals surface area contributed by atoms with Gasteiger partial charge in [0, 0.05) is 6.54 Å². The van der Waals surface area contributed by atoms with Crippen LogP contribution < -0.4 is 5.43 Å². The Morgan fingerprint density at radius 3 is 2.85 bits per heavy atom. The predicted octanol–water partition coefficient (Wildman–Crippen LogP) is -0.0385. The molecule has 1 rings (SSSR count). The summed E-state index contributed by atoms with van der Waals surface area (Å²) < 4.78 is 0. The van der Waals surface area contributed by atoms with Crippen molar-refractivity contribution in [2.45, 2.75) is 18.9 Å². The lowest BCUT2D eigenvalue weighted by Gasteiger charge is -2.31. The fourth-order valence-electron chi connectivity index (χ4n) is 1.22. The van der Waals surface area contributed by atoms with Gasteiger partial charge in [0.1, 0.15) is 6.04 Å². The standard InChI is InChI=1S/C7H11BrN2O3/c8-4-6(11)10-3-1-2-5(9-10)7(12)13/h5,9H,1-4H2,(H,12,13)/t5-/m0/s1. The molecule has 1 amide bonds. The molecule has 0 spiro atoms. The van der Waals surface area contributed by atoms with Crippen molar-refractivity contribution < 1.29 is 14.7 Å². The second-order valence-electron chi connectivity index (χ2n) is 2.84. The summed E-state index contributed by atoms with van der Waals surface area (Å²) in [7, 11) is 0. The van der Waals surface area contributed by atoms with Crippen LogP contribution in [0.3, 0.4) is 0 Å². The van der Waals surface area contributed by atoms with Crippen LogP contribution in [0, 0.1) is 0 Å². The quantitative estimate of drug-likeness (QED) is 0.676. The van der Waals surface area contributed by atoms with Crippen LogP contribution >= 0.6 is 15.9 Å². The number of halogens is 1. The molecular weight excluding hydrogens is 240 g/mol. The summed E-state index contributed by atoms with van der Waals surface area (Å²) in [6, 6.07) is -0.628. The molecule has 0 aliphatic carbocycles. The van der Waals surface area contributed by atoms with Gasteiger partial charge in [-0.15, -0.1) is 0 Å². The van der Waals surface area contributed by atoms with Crippen LogP contribution in [0.25, 0.3) is 0 Å². The second kappa shape index (κ2) is 4.57. The lowest BCUT2D eigenvalue weighted by atomic mass is 10.1. The summed E-state index contributed by atoms with van der Waals surface area (Å²) in [6.07, 6.45) is 1.30. The number of rotatable bonds is 2. The fraction of sp³-hybridized carbons (Fsp3) is 0.714. The molecule has 0 radical (unpaired) electrons. The first kappa shape index (κ1) is 10.5. The summed E-state index contributed by atoms with van der Waals surface area (Å²) in [5, 5.41) is 10.3. The summed E-state index contributed by atoms with van der Waals surface area (Å²) in [6.45, 7) is 0.578. The van der Waals surface area contributed by atoms with E-state index in [0.717, 1.165) is 6.42 Å². The van der Waals surface area contributed by atoms with Gasteiger partial charge in [-0.1, -0.05) is 15.9 Å². The molecular formula is C7H11BrN2O3. The molecule has 1 atom stereocenters. The first-order valence-electron chi connectivity index (χ1n) is 4.00. The van der Waals surface area contributed by atoms with Crippen molar-refractivity contribution in [1.82, 2.24) is 10.4 Å². The van der Waals surface area contributed by atoms with E-state index in [4.69, 9.17) is 5.11 Å². The number of hydrazine groups is 1. The van der Waals surface area contributed by atoms with Crippen LogP contribution in [-0.2, 0) is 9.59 Å². The number of nitrogens with zero attached hydrogens (tertiary/aromatic N) is 1. The first-order chi connectivity index (χ1) is 6.15. The van der Waals surface area contributed by atoms with Crippen molar-refractivity contribution >= 4 is 27.8 Å². The third-order valence-electron chi connectivity index (χ3n) is 1.90. The normalized spacial score (nSPS) is 22.8. The summed E-state index contributed by atoms with van der Waals surface area (Å²) in [5.41, 5.74) is 2.66. The van der Waals surface area contributed by atoms with E-state index in [-0.39, 0.29) is 11.2 Å². The van der Waals surface area contributed by atoms with Gasteiger partial charge in [0.05, 0.1) is 5.33 Å². The van der Waals surface area contributed by atoms with Gasteiger partial charge in [-0.2, -0.15) is 0 Å². The smallest absolute Gasteiger partial charge is 0.322 e. The number of hydrogen-bond acceptors (Lipinski definition) is 3. The third-order valence-corrected chi connectivity index (χ3v) is 2.38. The van der Waals surface area contributed by atoms with Gasteiger partial charge < -0.3 is 5.11 Å². The van der Waals surface area contributed by atoms with E-state index >= 15 is 0 Å². The highest BCUT2D eigenvalue weighted by atomic mass is 79.9. The average molecular weight is 251 g/mol. The molecule has 74 valence electrons. The van der Waals surface area contributed by atoms with Crippen LogP contribution in [0.1, 0.15) is 12.8 Å². The number of carbonyl (C=O) groups excluding carboxylic acids is 1. The number of carbonyl (C=O) groups is 2. The SMILES string of the molecule is O=C(O)[C@@H]1CCCN(C(=O)CBr)N1. The Hall–Kier alpha value is -0.620. The van der Waals surface area contributed by atoms with Crippen LogP contribution in [0.15, 0.2) is 0 Å². The van der Waals surface area contributed by atoms with E-state index in [1.807, 2.05) is 0 Å². The summed E-state index contributed by atoms with van der Waals surface area (Å²) in [4.78, 5) is 21.8. The van der Waals surface area contributed by atoms with Gasteiger partial charge in [-0.25, -0.2) is 5.43 Å². The second-order valence-corrected chi connectivity index (χ2v) is 3.40. The molecule has 0 aromatic carbocycles. The van der Waals surface area contributed by atoms with E-state index in [9.17, 15) is 9.59 Å². The first-order valence-corrected chi connectivity index (χ1v) is 5.12. The molecule has 0 unspecified atom stereocenters. The predicted molar refractivity (Wildman–Crippen MR) is 49.3 cm³/mol. The van der Waals surface area contributed by atoms with Crippen molar-refractivity contribution in [1.29, 1.82) is 0 Å².